The van der Waals surface area contributed by atoms with E-state index < -0.39 is 0 Å². The van der Waals surface area contributed by atoms with E-state index in [1.54, 1.807) is 0 Å². The predicted molar refractivity (Wildman–Crippen MR) is 315 cm³/mol. The first-order valence-electron chi connectivity index (χ1n) is 25.2. The highest BCUT2D eigenvalue weighted by Gasteiger charge is 2.24. The molecule has 75 heavy (non-hydrogen) atoms. The molecule has 0 aliphatic rings. The van der Waals surface area contributed by atoms with Crippen LogP contribution in [-0.4, -0.2) is 25.5 Å². The maximum absolute atomic E-state index is 10.3. The Bertz CT molecular complexity index is 4600. The van der Waals surface area contributed by atoms with Crippen molar-refractivity contribution in [2.75, 3.05) is 5.73 Å². The summed E-state index contributed by atoms with van der Waals surface area (Å²) in [6, 6.07) is 88.8. The Hall–Kier alpha value is -10.2. The van der Waals surface area contributed by atoms with Gasteiger partial charge in [-0.05, 0) is 100 Å². The number of amidine groups is 1. The second-order valence-corrected chi connectivity index (χ2v) is 19.1. The fourth-order valence-corrected chi connectivity index (χ4v) is 11.5. The molecule has 0 amide bonds. The van der Waals surface area contributed by atoms with Crippen LogP contribution in [0.15, 0.2) is 260 Å². The minimum atomic E-state index is 0.0401. The quantitative estimate of drug-likeness (QED) is 0.0841. The van der Waals surface area contributed by atoms with E-state index in [4.69, 9.17) is 16.5 Å². The second-order valence-electron chi connectivity index (χ2n) is 19.1. The second kappa shape index (κ2) is 17.5. The number of nitrogens with zero attached hydrogens (tertiary/aromatic N) is 4. The van der Waals surface area contributed by atoms with E-state index in [-0.39, 0.29) is 11.8 Å². The van der Waals surface area contributed by atoms with Gasteiger partial charge in [0.05, 0.1) is 33.1 Å². The number of rotatable bonds is 7. The molecule has 0 radical (unpaired) electrons. The summed E-state index contributed by atoms with van der Waals surface area (Å²) in [5.74, 6) is 0.234. The Kier molecular flexibility index (Phi) is 10.2. The third-order valence-corrected chi connectivity index (χ3v) is 14.9. The fourth-order valence-electron chi connectivity index (χ4n) is 11.5. The third-order valence-electron chi connectivity index (χ3n) is 14.9. The van der Waals surface area contributed by atoms with Crippen LogP contribution >= 0.6 is 0 Å². The Morgan fingerprint density at radius 1 is 0.360 bits per heavy atom. The minimum Gasteiger partial charge on any atom is -0.398 e. The van der Waals surface area contributed by atoms with Crippen molar-refractivity contribution < 1.29 is 0 Å². The molecule has 3 aromatic heterocycles. The van der Waals surface area contributed by atoms with Gasteiger partial charge >= 0.3 is 0 Å². The Morgan fingerprint density at radius 3 is 1.56 bits per heavy atom. The van der Waals surface area contributed by atoms with Crippen molar-refractivity contribution in [3.8, 4) is 55.9 Å². The fraction of sp³-hybridized carbons (Fsp3) is 0. The van der Waals surface area contributed by atoms with Crippen LogP contribution in [0.4, 0.5) is 5.69 Å². The van der Waals surface area contributed by atoms with Gasteiger partial charge in [-0.3, -0.25) is 9.98 Å². The summed E-state index contributed by atoms with van der Waals surface area (Å²) in [5, 5.41) is 16.9. The molecule has 3 heterocycles. The minimum absolute atomic E-state index is 0.0401. The summed E-state index contributed by atoms with van der Waals surface area (Å²) in [7, 11) is 0. The zero-order chi connectivity index (χ0) is 50.1. The number of aliphatic imine (C=N–C) groups is 1. The van der Waals surface area contributed by atoms with Gasteiger partial charge < -0.3 is 20.6 Å². The zero-order valence-corrected chi connectivity index (χ0v) is 40.7. The number of hydrogen-bond acceptors (Lipinski definition) is 2. The number of fused-ring (bicyclic) bond motifs is 10. The van der Waals surface area contributed by atoms with Crippen molar-refractivity contribution in [3.05, 3.63) is 260 Å². The van der Waals surface area contributed by atoms with Crippen LogP contribution in [0.3, 0.4) is 0 Å². The van der Waals surface area contributed by atoms with Gasteiger partial charge in [0.25, 0.3) is 0 Å². The van der Waals surface area contributed by atoms with Crippen LogP contribution in [-0.2, 0) is 0 Å². The number of anilines is 1. The molecule has 354 valence electrons. The SMILES string of the molecule is N=C(N=C(N)n1c2ccccc2c2ccc3c4ccccc4n(-c4ccccc4)c3c21)c1cc(-c2ccccc2)cc(-c2ccccc2)c1-c1ccc(-n2c3ccccc3c3ccc(-c4ccccc4N)cc32)cc1. The molecule has 11 aromatic carbocycles. The van der Waals surface area contributed by atoms with Gasteiger partial charge in [-0.1, -0.05) is 188 Å². The molecule has 0 bridgehead atoms. The first kappa shape index (κ1) is 43.5. The highest BCUT2D eigenvalue weighted by atomic mass is 15.2. The molecule has 14 aromatic rings. The lowest BCUT2D eigenvalue weighted by atomic mass is 9.86. The molecule has 0 aliphatic heterocycles. The number of aromatic nitrogens is 3. The van der Waals surface area contributed by atoms with Crippen LogP contribution in [0.5, 0.6) is 0 Å². The van der Waals surface area contributed by atoms with Gasteiger partial charge in [-0.15, -0.1) is 0 Å². The molecule has 0 saturated carbocycles. The van der Waals surface area contributed by atoms with E-state index >= 15 is 0 Å². The molecular weight excluding hydrogens is 915 g/mol. The van der Waals surface area contributed by atoms with E-state index in [2.05, 4.69) is 226 Å². The summed E-state index contributed by atoms with van der Waals surface area (Å²) in [4.78, 5) is 5.19. The summed E-state index contributed by atoms with van der Waals surface area (Å²) in [5.41, 5.74) is 31.4. The highest BCUT2D eigenvalue weighted by Crippen LogP contribution is 2.43. The van der Waals surface area contributed by atoms with E-state index in [0.717, 1.165) is 122 Å². The Morgan fingerprint density at radius 2 is 0.867 bits per heavy atom. The third kappa shape index (κ3) is 7.05. The van der Waals surface area contributed by atoms with Crippen LogP contribution in [0.25, 0.3) is 121 Å². The molecule has 14 rings (SSSR count). The van der Waals surface area contributed by atoms with Crippen molar-refractivity contribution in [3.63, 3.8) is 0 Å². The van der Waals surface area contributed by atoms with Gasteiger partial charge in [0.2, 0.25) is 5.96 Å². The van der Waals surface area contributed by atoms with Gasteiger partial charge in [-0.25, -0.2) is 0 Å². The number of para-hydroxylation sites is 5. The normalized spacial score (nSPS) is 12.0. The molecule has 0 atom stereocenters. The maximum atomic E-state index is 10.3. The molecule has 0 saturated heterocycles. The summed E-state index contributed by atoms with van der Waals surface area (Å²) in [6.07, 6.45) is 0. The van der Waals surface area contributed by atoms with Gasteiger partial charge in [0.1, 0.15) is 0 Å². The van der Waals surface area contributed by atoms with Gasteiger partial charge in [0, 0.05) is 66.1 Å². The summed E-state index contributed by atoms with van der Waals surface area (Å²) >= 11 is 0. The monoisotopic (exact) mass is 961 g/mol. The van der Waals surface area contributed by atoms with Crippen LogP contribution in [0.2, 0.25) is 0 Å². The standard InChI is InChI=1S/C68H47N7/c69-59-28-14-10-24-50(59)46-34-37-54-51-25-11-15-29-60(51)73(63(54)42-46)49-35-32-45(33-36-49)64-57(44-20-6-2-7-21-44)40-47(43-18-4-1-5-19-43)41-58(64)67(70)72-68(71)75-62-31-17-13-27-53(62)56-39-38-55-52-26-12-16-30-61(52)74(65(55)66(56)75)48-22-8-3-9-23-48/h1-42H,69H2,(H3,70,71,72). The molecule has 0 unspecified atom stereocenters. The topological polar surface area (TPSA) is 103 Å². The first-order valence-corrected chi connectivity index (χ1v) is 25.2. The van der Waals surface area contributed by atoms with Gasteiger partial charge in [0.15, 0.2) is 5.84 Å². The molecule has 0 fully saturated rings. The first-order chi connectivity index (χ1) is 37.0. The lowest BCUT2D eigenvalue weighted by Gasteiger charge is -2.19. The van der Waals surface area contributed by atoms with Crippen LogP contribution in [0, 0.1) is 5.41 Å². The maximum Gasteiger partial charge on any atom is 0.207 e. The van der Waals surface area contributed by atoms with Crippen molar-refractivity contribution in [2.24, 2.45) is 10.7 Å². The van der Waals surface area contributed by atoms with E-state index in [1.807, 2.05) is 42.5 Å². The summed E-state index contributed by atoms with van der Waals surface area (Å²) < 4.78 is 6.72. The van der Waals surface area contributed by atoms with Crippen molar-refractivity contribution in [1.29, 1.82) is 5.41 Å². The zero-order valence-electron chi connectivity index (χ0n) is 40.7. The summed E-state index contributed by atoms with van der Waals surface area (Å²) in [6.45, 7) is 0. The van der Waals surface area contributed by atoms with Gasteiger partial charge in [-0.2, -0.15) is 4.99 Å². The number of hydrogen-bond donors (Lipinski definition) is 3. The number of nitrogens with one attached hydrogen (secondary N) is 1. The lowest BCUT2D eigenvalue weighted by Crippen LogP contribution is -2.24. The van der Waals surface area contributed by atoms with Crippen LogP contribution < -0.4 is 11.5 Å². The van der Waals surface area contributed by atoms with E-state index in [1.165, 1.54) is 5.39 Å². The molecule has 7 nitrogen and oxygen atoms in total. The van der Waals surface area contributed by atoms with Crippen molar-refractivity contribution >= 4 is 82.9 Å². The number of nitrogen functional groups attached to an aromatic ring is 1. The number of benzene rings is 11. The molecule has 7 heteroatoms. The smallest absolute Gasteiger partial charge is 0.207 e. The van der Waals surface area contributed by atoms with Crippen LogP contribution in [0.1, 0.15) is 5.56 Å². The highest BCUT2D eigenvalue weighted by molar-refractivity contribution is 6.26. The molecule has 0 aliphatic carbocycles. The Balaban J connectivity index is 0.987. The average molecular weight is 962 g/mol. The van der Waals surface area contributed by atoms with E-state index in [9.17, 15) is 5.41 Å². The van der Waals surface area contributed by atoms with E-state index in [0.29, 0.717) is 5.56 Å². The average Bonchev–Trinajstić information content (AvgIpc) is 4.17. The molecule has 0 spiro atoms. The lowest BCUT2D eigenvalue weighted by molar-refractivity contribution is 1.17. The predicted octanol–water partition coefficient (Wildman–Crippen LogP) is 16.4. The Labute approximate surface area is 432 Å². The number of nitrogens with two attached hydrogens (primary N) is 2. The van der Waals surface area contributed by atoms with Crippen molar-refractivity contribution in [2.45, 2.75) is 0 Å². The molecule has 5 N–H and O–H groups in total. The molecular formula is C68H47N7. The largest absolute Gasteiger partial charge is 0.398 e. The van der Waals surface area contributed by atoms with Crippen molar-refractivity contribution in [1.82, 2.24) is 13.7 Å².